The number of rotatable bonds is 6. The van der Waals surface area contributed by atoms with Gasteiger partial charge in [0.25, 0.3) is 0 Å². The van der Waals surface area contributed by atoms with E-state index in [4.69, 9.17) is 4.74 Å². The van der Waals surface area contributed by atoms with Crippen molar-refractivity contribution < 1.29 is 9.53 Å². The Balaban J connectivity index is 2.82. The van der Waals surface area contributed by atoms with Crippen molar-refractivity contribution in [3.8, 4) is 5.75 Å². The number of aliphatic imine (C=N–C) groups is 1. The fourth-order valence-corrected chi connectivity index (χ4v) is 1.92. The molecular weight excluding hydrogens is 280 g/mol. The second-order valence-corrected chi connectivity index (χ2v) is 5.13. The molecule has 1 aromatic rings. The van der Waals surface area contributed by atoms with Gasteiger partial charge < -0.3 is 19.9 Å². The fraction of sp³-hybridized carbons (Fsp3) is 0.500. The molecule has 0 unspecified atom stereocenters. The predicted octanol–water partition coefficient (Wildman–Crippen LogP) is 1.18. The molecule has 1 rings (SSSR count). The Labute approximate surface area is 132 Å². The number of hydrogen-bond donors (Lipinski definition) is 1. The number of nitrogens with zero attached hydrogens (tertiary/aromatic N) is 3. The monoisotopic (exact) mass is 306 g/mol. The Morgan fingerprint density at radius 3 is 2.55 bits per heavy atom. The van der Waals surface area contributed by atoms with Crippen LogP contribution >= 0.6 is 0 Å². The topological polar surface area (TPSA) is 57.2 Å². The van der Waals surface area contributed by atoms with Crippen molar-refractivity contribution in [3.63, 3.8) is 0 Å². The van der Waals surface area contributed by atoms with Gasteiger partial charge >= 0.3 is 0 Å². The molecule has 1 N–H and O–H groups in total. The number of methoxy groups -OCH3 is 1. The van der Waals surface area contributed by atoms with E-state index in [0.717, 1.165) is 17.9 Å². The summed E-state index contributed by atoms with van der Waals surface area (Å²) in [5.41, 5.74) is 1.07. The molecule has 6 nitrogen and oxygen atoms in total. The van der Waals surface area contributed by atoms with E-state index in [2.05, 4.69) is 10.3 Å². The summed E-state index contributed by atoms with van der Waals surface area (Å²) in [5.74, 6) is 1.51. The van der Waals surface area contributed by atoms with Crippen molar-refractivity contribution in [2.45, 2.75) is 13.5 Å². The fourth-order valence-electron chi connectivity index (χ4n) is 1.92. The van der Waals surface area contributed by atoms with Crippen molar-refractivity contribution in [2.75, 3.05) is 41.3 Å². The summed E-state index contributed by atoms with van der Waals surface area (Å²) in [6, 6.07) is 7.87. The predicted molar refractivity (Wildman–Crippen MR) is 89.1 cm³/mol. The molecule has 0 heterocycles. The standard InChI is InChI=1S/C16H26N4O2/c1-6-17-16(18-11-15(21)19(2)3)20(4)12-13-9-7-8-10-14(13)22-5/h7-10H,6,11-12H2,1-5H3,(H,17,18). The Morgan fingerprint density at radius 1 is 1.27 bits per heavy atom. The molecule has 0 aromatic heterocycles. The zero-order valence-corrected chi connectivity index (χ0v) is 14.1. The molecule has 1 amide bonds. The maximum atomic E-state index is 11.7. The maximum absolute atomic E-state index is 11.7. The minimum atomic E-state index is -0.0268. The van der Waals surface area contributed by atoms with E-state index in [1.807, 2.05) is 43.1 Å². The van der Waals surface area contributed by atoms with Crippen molar-refractivity contribution in [2.24, 2.45) is 4.99 Å². The molecule has 0 saturated carbocycles. The quantitative estimate of drug-likeness (QED) is 0.633. The van der Waals surface area contributed by atoms with Crippen molar-refractivity contribution in [3.05, 3.63) is 29.8 Å². The zero-order valence-electron chi connectivity index (χ0n) is 14.1. The Hall–Kier alpha value is -2.24. The second-order valence-electron chi connectivity index (χ2n) is 5.13. The van der Waals surface area contributed by atoms with Crippen LogP contribution in [0.3, 0.4) is 0 Å². The number of nitrogens with one attached hydrogen (secondary N) is 1. The van der Waals surface area contributed by atoms with Crippen LogP contribution in [0, 0.1) is 0 Å². The number of benzene rings is 1. The van der Waals surface area contributed by atoms with Gasteiger partial charge in [0.1, 0.15) is 12.3 Å². The molecule has 0 radical (unpaired) electrons. The van der Waals surface area contributed by atoms with Crippen LogP contribution in [0.4, 0.5) is 0 Å². The molecule has 0 aliphatic heterocycles. The third-order valence-electron chi connectivity index (χ3n) is 3.16. The molecule has 0 aliphatic carbocycles. The van der Waals surface area contributed by atoms with Crippen LogP contribution in [0.1, 0.15) is 12.5 Å². The highest BCUT2D eigenvalue weighted by Gasteiger charge is 2.11. The Morgan fingerprint density at radius 2 is 1.95 bits per heavy atom. The zero-order chi connectivity index (χ0) is 16.5. The first-order chi connectivity index (χ1) is 10.5. The van der Waals surface area contributed by atoms with E-state index < -0.39 is 0 Å². The molecule has 0 saturated heterocycles. The summed E-state index contributed by atoms with van der Waals surface area (Å²) >= 11 is 0. The van der Waals surface area contributed by atoms with Crippen LogP contribution < -0.4 is 10.1 Å². The highest BCUT2D eigenvalue weighted by molar-refractivity contribution is 5.84. The van der Waals surface area contributed by atoms with Gasteiger partial charge in [0.05, 0.1) is 7.11 Å². The SMILES string of the molecule is CCNC(=NCC(=O)N(C)C)N(C)Cc1ccccc1OC. The molecule has 1 aromatic carbocycles. The lowest BCUT2D eigenvalue weighted by Gasteiger charge is -2.23. The lowest BCUT2D eigenvalue weighted by Crippen LogP contribution is -2.39. The van der Waals surface area contributed by atoms with E-state index in [1.165, 1.54) is 4.90 Å². The van der Waals surface area contributed by atoms with Gasteiger partial charge in [-0.2, -0.15) is 0 Å². The van der Waals surface area contributed by atoms with Gasteiger partial charge in [0.2, 0.25) is 5.91 Å². The van der Waals surface area contributed by atoms with Gasteiger partial charge in [-0.25, -0.2) is 4.99 Å². The van der Waals surface area contributed by atoms with Crippen LogP contribution in [0.15, 0.2) is 29.3 Å². The summed E-state index contributed by atoms with van der Waals surface area (Å²) in [6.45, 7) is 3.52. The molecule has 122 valence electrons. The van der Waals surface area contributed by atoms with Crippen LogP contribution in [0.5, 0.6) is 5.75 Å². The van der Waals surface area contributed by atoms with Gasteiger partial charge in [0.15, 0.2) is 5.96 Å². The summed E-state index contributed by atoms with van der Waals surface area (Å²) < 4.78 is 5.37. The average Bonchev–Trinajstić information content (AvgIpc) is 2.51. The largest absolute Gasteiger partial charge is 0.496 e. The highest BCUT2D eigenvalue weighted by Crippen LogP contribution is 2.18. The summed E-state index contributed by atoms with van der Waals surface area (Å²) in [6.07, 6.45) is 0. The first kappa shape index (κ1) is 17.8. The van der Waals surface area contributed by atoms with Gasteiger partial charge in [-0.1, -0.05) is 18.2 Å². The smallest absolute Gasteiger partial charge is 0.243 e. The Kier molecular flexibility index (Phi) is 7.22. The van der Waals surface area contributed by atoms with Crippen LogP contribution in [-0.2, 0) is 11.3 Å². The highest BCUT2D eigenvalue weighted by atomic mass is 16.5. The normalized spacial score (nSPS) is 11.0. The third kappa shape index (κ3) is 5.27. The molecule has 0 spiro atoms. The van der Waals surface area contributed by atoms with E-state index in [9.17, 15) is 4.79 Å². The Bertz CT molecular complexity index is 515. The third-order valence-corrected chi connectivity index (χ3v) is 3.16. The summed E-state index contributed by atoms with van der Waals surface area (Å²) in [7, 11) is 7.05. The van der Waals surface area contributed by atoms with Crippen LogP contribution in [-0.4, -0.2) is 63.0 Å². The van der Waals surface area contributed by atoms with E-state index in [0.29, 0.717) is 12.5 Å². The van der Waals surface area contributed by atoms with Gasteiger partial charge in [-0.15, -0.1) is 0 Å². The number of ether oxygens (including phenoxy) is 1. The number of guanidine groups is 1. The van der Waals surface area contributed by atoms with Gasteiger partial charge in [-0.3, -0.25) is 4.79 Å². The van der Waals surface area contributed by atoms with E-state index in [1.54, 1.807) is 21.2 Å². The lowest BCUT2D eigenvalue weighted by molar-refractivity contribution is -0.127. The van der Waals surface area contributed by atoms with Crippen molar-refractivity contribution in [1.29, 1.82) is 0 Å². The average molecular weight is 306 g/mol. The number of para-hydroxylation sites is 1. The molecule has 6 heteroatoms. The lowest BCUT2D eigenvalue weighted by atomic mass is 10.2. The van der Waals surface area contributed by atoms with Crippen LogP contribution in [0.25, 0.3) is 0 Å². The summed E-state index contributed by atoms with van der Waals surface area (Å²) in [4.78, 5) is 19.6. The molecule has 0 bridgehead atoms. The van der Waals surface area contributed by atoms with Crippen molar-refractivity contribution in [1.82, 2.24) is 15.1 Å². The van der Waals surface area contributed by atoms with Gasteiger partial charge in [0, 0.05) is 39.8 Å². The number of carbonyl (C=O) groups excluding carboxylic acids is 1. The van der Waals surface area contributed by atoms with Crippen LogP contribution in [0.2, 0.25) is 0 Å². The molecule has 22 heavy (non-hydrogen) atoms. The van der Waals surface area contributed by atoms with E-state index in [-0.39, 0.29) is 12.5 Å². The van der Waals surface area contributed by atoms with Crippen molar-refractivity contribution >= 4 is 11.9 Å². The first-order valence-electron chi connectivity index (χ1n) is 7.31. The summed E-state index contributed by atoms with van der Waals surface area (Å²) in [5, 5.41) is 3.20. The molecular formula is C16H26N4O2. The second kappa shape index (κ2) is 8.92. The van der Waals surface area contributed by atoms with E-state index >= 15 is 0 Å². The van der Waals surface area contributed by atoms with Gasteiger partial charge in [-0.05, 0) is 13.0 Å². The minimum Gasteiger partial charge on any atom is -0.496 e. The number of carbonyl (C=O) groups is 1. The maximum Gasteiger partial charge on any atom is 0.243 e. The molecule has 0 fully saturated rings. The molecule has 0 atom stereocenters. The molecule has 0 aliphatic rings. The first-order valence-corrected chi connectivity index (χ1v) is 7.31. The minimum absolute atomic E-state index is 0.0268. The number of amides is 1. The number of hydrogen-bond acceptors (Lipinski definition) is 3. The number of likely N-dealkylation sites (N-methyl/N-ethyl adjacent to an activating group) is 1.